The van der Waals surface area contributed by atoms with E-state index in [1.807, 2.05) is 0 Å². The molecule has 5 heteroatoms. The number of benzene rings is 1. The Labute approximate surface area is 109 Å². The van der Waals surface area contributed by atoms with E-state index in [1.54, 1.807) is 32.4 Å². The third-order valence-corrected chi connectivity index (χ3v) is 2.84. The largest absolute Gasteiger partial charge is 0.496 e. The van der Waals surface area contributed by atoms with Gasteiger partial charge in [-0.05, 0) is 40.5 Å². The Morgan fingerprint density at radius 1 is 1.41 bits per heavy atom. The lowest BCUT2D eigenvalue weighted by Gasteiger charge is -2.07. The number of carbonyl (C=O) groups is 1. The zero-order valence-electron chi connectivity index (χ0n) is 9.96. The molecule has 0 aromatic heterocycles. The quantitative estimate of drug-likeness (QED) is 0.820. The van der Waals surface area contributed by atoms with Crippen LogP contribution in [0.3, 0.4) is 0 Å². The van der Waals surface area contributed by atoms with E-state index in [0.717, 1.165) is 10.9 Å². The van der Waals surface area contributed by atoms with Crippen LogP contribution in [0.4, 0.5) is 0 Å². The number of amides is 1. The first-order chi connectivity index (χ1) is 8.19. The molecule has 0 aliphatic rings. The average Bonchev–Trinajstić information content (AvgIpc) is 2.34. The van der Waals surface area contributed by atoms with Gasteiger partial charge in [-0.1, -0.05) is 0 Å². The molecule has 94 valence electrons. The van der Waals surface area contributed by atoms with Gasteiger partial charge in [0.15, 0.2) is 0 Å². The van der Waals surface area contributed by atoms with Crippen LogP contribution in [0.15, 0.2) is 22.7 Å². The first kappa shape index (κ1) is 14.0. The molecule has 0 saturated heterocycles. The van der Waals surface area contributed by atoms with E-state index in [1.165, 1.54) is 0 Å². The molecule has 17 heavy (non-hydrogen) atoms. The molecule has 0 unspecified atom stereocenters. The van der Waals surface area contributed by atoms with Crippen molar-refractivity contribution in [3.05, 3.63) is 28.2 Å². The maximum Gasteiger partial charge on any atom is 0.251 e. The smallest absolute Gasteiger partial charge is 0.251 e. The summed E-state index contributed by atoms with van der Waals surface area (Å²) in [4.78, 5) is 11.7. The first-order valence-electron chi connectivity index (χ1n) is 5.29. The summed E-state index contributed by atoms with van der Waals surface area (Å²) < 4.78 is 10.8. The van der Waals surface area contributed by atoms with Crippen molar-refractivity contribution in [1.29, 1.82) is 0 Å². The molecule has 1 rings (SSSR count). The topological polar surface area (TPSA) is 47.6 Å². The molecule has 4 nitrogen and oxygen atoms in total. The van der Waals surface area contributed by atoms with Crippen LogP contribution < -0.4 is 10.1 Å². The molecule has 0 spiro atoms. The SMILES string of the molecule is COCCCNC(=O)c1ccc(OC)c(Br)c1. The zero-order chi connectivity index (χ0) is 12.7. The van der Waals surface area contributed by atoms with Crippen molar-refractivity contribution < 1.29 is 14.3 Å². The van der Waals surface area contributed by atoms with Crippen LogP contribution in [-0.2, 0) is 4.74 Å². The molecule has 1 amide bonds. The highest BCUT2D eigenvalue weighted by atomic mass is 79.9. The van der Waals surface area contributed by atoms with E-state index >= 15 is 0 Å². The van der Waals surface area contributed by atoms with Crippen LogP contribution in [0.5, 0.6) is 5.75 Å². The van der Waals surface area contributed by atoms with E-state index in [9.17, 15) is 4.79 Å². The van der Waals surface area contributed by atoms with Gasteiger partial charge in [-0.25, -0.2) is 0 Å². The van der Waals surface area contributed by atoms with Gasteiger partial charge >= 0.3 is 0 Å². The van der Waals surface area contributed by atoms with Crippen molar-refractivity contribution in [1.82, 2.24) is 5.32 Å². The molecule has 0 aliphatic heterocycles. The lowest BCUT2D eigenvalue weighted by molar-refractivity contribution is 0.0948. The predicted octanol–water partition coefficient (Wildman–Crippen LogP) is 2.22. The normalized spacial score (nSPS) is 10.1. The van der Waals surface area contributed by atoms with E-state index in [2.05, 4.69) is 21.2 Å². The van der Waals surface area contributed by atoms with Crippen molar-refractivity contribution in [3.63, 3.8) is 0 Å². The van der Waals surface area contributed by atoms with E-state index in [4.69, 9.17) is 9.47 Å². The molecule has 0 aliphatic carbocycles. The number of methoxy groups -OCH3 is 2. The summed E-state index contributed by atoms with van der Waals surface area (Å²) in [7, 11) is 3.23. The summed E-state index contributed by atoms with van der Waals surface area (Å²) in [5.74, 6) is 0.616. The van der Waals surface area contributed by atoms with Gasteiger partial charge in [-0.3, -0.25) is 4.79 Å². The maximum atomic E-state index is 11.7. The second kappa shape index (κ2) is 7.29. The van der Waals surface area contributed by atoms with Gasteiger partial charge in [-0.15, -0.1) is 0 Å². The van der Waals surface area contributed by atoms with Gasteiger partial charge in [0.05, 0.1) is 11.6 Å². The van der Waals surface area contributed by atoms with Crippen molar-refractivity contribution >= 4 is 21.8 Å². The van der Waals surface area contributed by atoms with E-state index in [0.29, 0.717) is 24.5 Å². The summed E-state index contributed by atoms with van der Waals surface area (Å²) >= 11 is 3.34. The van der Waals surface area contributed by atoms with Crippen molar-refractivity contribution in [3.8, 4) is 5.75 Å². The highest BCUT2D eigenvalue weighted by molar-refractivity contribution is 9.10. The van der Waals surface area contributed by atoms with Crippen molar-refractivity contribution in [2.75, 3.05) is 27.4 Å². The number of rotatable bonds is 6. The Kier molecular flexibility index (Phi) is 6.00. The van der Waals surface area contributed by atoms with Gasteiger partial charge in [0, 0.05) is 25.8 Å². The minimum atomic E-state index is -0.0931. The molecule has 0 fully saturated rings. The summed E-state index contributed by atoms with van der Waals surface area (Å²) in [6.45, 7) is 1.25. The van der Waals surface area contributed by atoms with E-state index < -0.39 is 0 Å². The Bertz CT molecular complexity index is 382. The van der Waals surface area contributed by atoms with Crippen LogP contribution in [-0.4, -0.2) is 33.3 Å². The summed E-state index contributed by atoms with van der Waals surface area (Å²) in [6.07, 6.45) is 0.805. The van der Waals surface area contributed by atoms with Gasteiger partial charge < -0.3 is 14.8 Å². The molecular formula is C12H16BrNO3. The molecule has 1 aromatic carbocycles. The highest BCUT2D eigenvalue weighted by Gasteiger charge is 2.07. The second-order valence-corrected chi connectivity index (χ2v) is 4.31. The maximum absolute atomic E-state index is 11.7. The van der Waals surface area contributed by atoms with Crippen LogP contribution in [0.2, 0.25) is 0 Å². The monoisotopic (exact) mass is 301 g/mol. The fourth-order valence-corrected chi connectivity index (χ4v) is 1.87. The predicted molar refractivity (Wildman–Crippen MR) is 69.5 cm³/mol. The average molecular weight is 302 g/mol. The van der Waals surface area contributed by atoms with E-state index in [-0.39, 0.29) is 5.91 Å². The Hall–Kier alpha value is -1.07. The minimum absolute atomic E-state index is 0.0931. The number of carbonyl (C=O) groups excluding carboxylic acids is 1. The summed E-state index contributed by atoms with van der Waals surface area (Å²) in [5.41, 5.74) is 0.607. The Morgan fingerprint density at radius 2 is 2.18 bits per heavy atom. The standard InChI is InChI=1S/C12H16BrNO3/c1-16-7-3-6-14-12(15)9-4-5-11(17-2)10(13)8-9/h4-5,8H,3,6-7H2,1-2H3,(H,14,15). The van der Waals surface area contributed by atoms with Gasteiger partial charge in [0.2, 0.25) is 0 Å². The summed E-state index contributed by atoms with van der Waals surface area (Å²) in [6, 6.07) is 5.23. The van der Waals surface area contributed by atoms with Crippen LogP contribution >= 0.6 is 15.9 Å². The lowest BCUT2D eigenvalue weighted by Crippen LogP contribution is -2.25. The number of hydrogen-bond donors (Lipinski definition) is 1. The third-order valence-electron chi connectivity index (χ3n) is 2.22. The molecule has 0 bridgehead atoms. The minimum Gasteiger partial charge on any atom is -0.496 e. The fourth-order valence-electron chi connectivity index (χ4n) is 1.33. The van der Waals surface area contributed by atoms with Crippen LogP contribution in [0.1, 0.15) is 16.8 Å². The number of hydrogen-bond acceptors (Lipinski definition) is 3. The molecule has 0 heterocycles. The Balaban J connectivity index is 2.54. The number of ether oxygens (including phenoxy) is 2. The highest BCUT2D eigenvalue weighted by Crippen LogP contribution is 2.25. The van der Waals surface area contributed by atoms with Crippen LogP contribution in [0.25, 0.3) is 0 Å². The molecule has 0 radical (unpaired) electrons. The number of nitrogens with one attached hydrogen (secondary N) is 1. The molecule has 0 saturated carbocycles. The summed E-state index contributed by atoms with van der Waals surface area (Å²) in [5, 5.41) is 2.82. The van der Waals surface area contributed by atoms with Gasteiger partial charge in [0.1, 0.15) is 5.75 Å². The third kappa shape index (κ3) is 4.36. The Morgan fingerprint density at radius 3 is 2.76 bits per heavy atom. The molecular weight excluding hydrogens is 286 g/mol. The fraction of sp³-hybridized carbons (Fsp3) is 0.417. The number of halogens is 1. The van der Waals surface area contributed by atoms with Crippen molar-refractivity contribution in [2.45, 2.75) is 6.42 Å². The van der Waals surface area contributed by atoms with Crippen molar-refractivity contribution in [2.24, 2.45) is 0 Å². The molecule has 1 N–H and O–H groups in total. The lowest BCUT2D eigenvalue weighted by atomic mass is 10.2. The molecule has 0 atom stereocenters. The van der Waals surface area contributed by atoms with Gasteiger partial charge in [-0.2, -0.15) is 0 Å². The second-order valence-electron chi connectivity index (χ2n) is 3.45. The van der Waals surface area contributed by atoms with Crippen LogP contribution in [0, 0.1) is 0 Å². The molecule has 1 aromatic rings. The zero-order valence-corrected chi connectivity index (χ0v) is 11.5. The first-order valence-corrected chi connectivity index (χ1v) is 6.09. The van der Waals surface area contributed by atoms with Gasteiger partial charge in [0.25, 0.3) is 5.91 Å².